The summed E-state index contributed by atoms with van der Waals surface area (Å²) >= 11 is 0. The molecular weight excluding hydrogens is 524 g/mol. The van der Waals surface area contributed by atoms with Crippen molar-refractivity contribution in [1.29, 1.82) is 0 Å². The second-order valence-electron chi connectivity index (χ2n) is 12.6. The quantitative estimate of drug-likeness (QED) is 0.264. The van der Waals surface area contributed by atoms with Crippen molar-refractivity contribution >= 4 is 23.8 Å². The Morgan fingerprint density at radius 1 is 1.00 bits per heavy atom. The number of esters is 1. The van der Waals surface area contributed by atoms with E-state index in [0.29, 0.717) is 18.8 Å². The summed E-state index contributed by atoms with van der Waals surface area (Å²) in [6, 6.07) is -2.02. The van der Waals surface area contributed by atoms with E-state index >= 15 is 0 Å². The predicted molar refractivity (Wildman–Crippen MR) is 139 cm³/mol. The van der Waals surface area contributed by atoms with Crippen LogP contribution in [-0.4, -0.2) is 64.9 Å². The Balaban J connectivity index is 1.35. The van der Waals surface area contributed by atoms with Gasteiger partial charge in [-0.15, -0.1) is 0 Å². The van der Waals surface area contributed by atoms with Crippen molar-refractivity contribution in [2.45, 2.75) is 123 Å². The molecule has 3 N–H and O–H groups in total. The lowest BCUT2D eigenvalue weighted by molar-refractivity contribution is -0.576. The van der Waals surface area contributed by atoms with Crippen LogP contribution in [-0.2, 0) is 43.2 Å². The molecule has 5 rings (SSSR count). The second-order valence-corrected chi connectivity index (χ2v) is 12.6. The number of rotatable bonds is 10. The molecule has 40 heavy (non-hydrogen) atoms. The Bertz CT molecular complexity index is 990. The molecule has 226 valence electrons. The molecule has 1 saturated carbocycles. The van der Waals surface area contributed by atoms with Crippen molar-refractivity contribution in [2.24, 2.45) is 29.6 Å². The fraction of sp³-hybridized carbons (Fsp3) is 0.857. The average Bonchev–Trinajstić information content (AvgIpc) is 3.10. The lowest BCUT2D eigenvalue weighted by atomic mass is 9.58. The third-order valence-electron chi connectivity index (χ3n) is 8.99. The molecule has 1 spiro atoms. The molecule has 4 saturated heterocycles. The minimum absolute atomic E-state index is 0.000281. The molecule has 0 unspecified atom stereocenters. The Morgan fingerprint density at radius 2 is 1.73 bits per heavy atom. The van der Waals surface area contributed by atoms with Gasteiger partial charge in [-0.25, -0.2) is 9.78 Å². The first-order valence-corrected chi connectivity index (χ1v) is 14.5. The van der Waals surface area contributed by atoms with Crippen LogP contribution in [0.4, 0.5) is 0 Å². The number of carboxylic acid groups (broad SMARTS) is 1. The van der Waals surface area contributed by atoms with Gasteiger partial charge in [0.1, 0.15) is 12.1 Å². The van der Waals surface area contributed by atoms with Crippen LogP contribution in [0.5, 0.6) is 0 Å². The van der Waals surface area contributed by atoms with Crippen LogP contribution in [0.2, 0.25) is 0 Å². The molecule has 12 nitrogen and oxygen atoms in total. The Hall–Kier alpha value is -2.28. The third kappa shape index (κ3) is 6.14. The van der Waals surface area contributed by atoms with Gasteiger partial charge in [0.15, 0.2) is 11.9 Å². The number of fused-ring (bicyclic) bond motifs is 2. The van der Waals surface area contributed by atoms with E-state index < -0.39 is 59.8 Å². The summed E-state index contributed by atoms with van der Waals surface area (Å²) < 4.78 is 18.3. The first-order valence-electron chi connectivity index (χ1n) is 14.5. The van der Waals surface area contributed by atoms with Gasteiger partial charge in [-0.2, -0.15) is 0 Å². The molecule has 5 aliphatic rings. The van der Waals surface area contributed by atoms with E-state index in [1.54, 1.807) is 0 Å². The van der Waals surface area contributed by atoms with Gasteiger partial charge in [0.05, 0.1) is 6.42 Å². The smallest absolute Gasteiger partial charge is 0.325 e. The van der Waals surface area contributed by atoms with Crippen LogP contribution >= 0.6 is 0 Å². The highest BCUT2D eigenvalue weighted by Crippen LogP contribution is 2.60. The number of carboxylic acids is 1. The van der Waals surface area contributed by atoms with Crippen LogP contribution < -0.4 is 10.6 Å². The number of carbonyl (C=O) groups excluding carboxylic acids is 3. The summed E-state index contributed by atoms with van der Waals surface area (Å²) in [6.07, 6.45) is 1.75. The Morgan fingerprint density at radius 3 is 2.40 bits per heavy atom. The molecule has 4 heterocycles. The maximum atomic E-state index is 12.8. The Labute approximate surface area is 235 Å². The molecular formula is C28H44N2O10. The normalized spacial score (nSPS) is 38.0. The van der Waals surface area contributed by atoms with Crippen LogP contribution in [0, 0.1) is 29.6 Å². The molecule has 12 heteroatoms. The van der Waals surface area contributed by atoms with Crippen molar-refractivity contribution in [2.75, 3.05) is 0 Å². The van der Waals surface area contributed by atoms with E-state index in [4.69, 9.17) is 29.1 Å². The van der Waals surface area contributed by atoms with E-state index in [2.05, 4.69) is 17.6 Å². The number of amides is 2. The van der Waals surface area contributed by atoms with Crippen molar-refractivity contribution in [3.63, 3.8) is 0 Å². The predicted octanol–water partition coefficient (Wildman–Crippen LogP) is 2.64. The fourth-order valence-electron chi connectivity index (χ4n) is 6.76. The molecule has 0 aromatic carbocycles. The highest BCUT2D eigenvalue weighted by molar-refractivity contribution is 5.91. The summed E-state index contributed by atoms with van der Waals surface area (Å²) in [5.74, 6) is -3.33. The SMILES string of the molecule is CC(C)C[C@H](NC(=O)CCC(=O)O[C@@H]1O[C@H]2O[C@]3(C)CC[C@H]4[C@H](C)CC[C@@H]([C@@H]1C)[C@@]24OO3)C(=O)N[C@@H](C)C(=O)O. The standard InChI is InChI=1S/C28H44N2O10/c1-14(2)13-20(23(33)29-17(5)24(34)35)30-21(31)9-10-22(32)36-25-16(4)19-8-7-15(3)18-11-12-27(6)38-26(37-25)28(18,19)40-39-27/h14-20,25-26H,7-13H2,1-6H3,(H,29,33)(H,30,31)(H,34,35)/t15-,16+,17+,18+,19+,20+,25-,26+,27+,28-/m1/s1. The van der Waals surface area contributed by atoms with Crippen LogP contribution in [0.3, 0.4) is 0 Å². The molecule has 10 atom stereocenters. The maximum absolute atomic E-state index is 12.8. The minimum Gasteiger partial charge on any atom is -0.480 e. The Kier molecular flexibility index (Phi) is 9.13. The van der Waals surface area contributed by atoms with Gasteiger partial charge in [0.25, 0.3) is 0 Å². The van der Waals surface area contributed by atoms with E-state index in [1.165, 1.54) is 6.92 Å². The van der Waals surface area contributed by atoms with Gasteiger partial charge in [-0.1, -0.05) is 27.7 Å². The van der Waals surface area contributed by atoms with Crippen LogP contribution in [0.15, 0.2) is 0 Å². The van der Waals surface area contributed by atoms with Gasteiger partial charge >= 0.3 is 11.9 Å². The molecule has 0 aromatic heterocycles. The van der Waals surface area contributed by atoms with Crippen molar-refractivity contribution in [3.8, 4) is 0 Å². The van der Waals surface area contributed by atoms with Gasteiger partial charge in [0.2, 0.25) is 23.9 Å². The lowest BCUT2D eigenvalue weighted by Crippen LogP contribution is -2.70. The minimum atomic E-state index is -1.18. The summed E-state index contributed by atoms with van der Waals surface area (Å²) in [4.78, 5) is 61.0. The van der Waals surface area contributed by atoms with E-state index in [0.717, 1.165) is 19.3 Å². The zero-order valence-electron chi connectivity index (χ0n) is 24.3. The number of nitrogens with one attached hydrogen (secondary N) is 2. The molecule has 2 bridgehead atoms. The third-order valence-corrected chi connectivity index (χ3v) is 8.99. The van der Waals surface area contributed by atoms with Gasteiger partial charge in [-0.3, -0.25) is 19.2 Å². The van der Waals surface area contributed by atoms with Crippen molar-refractivity contribution < 1.29 is 48.3 Å². The monoisotopic (exact) mass is 568 g/mol. The number of ether oxygens (including phenoxy) is 3. The van der Waals surface area contributed by atoms with E-state index in [1.807, 2.05) is 27.7 Å². The first-order chi connectivity index (χ1) is 18.8. The zero-order valence-corrected chi connectivity index (χ0v) is 24.3. The molecule has 2 amide bonds. The van der Waals surface area contributed by atoms with Gasteiger partial charge in [-0.05, 0) is 57.3 Å². The summed E-state index contributed by atoms with van der Waals surface area (Å²) in [7, 11) is 0. The average molecular weight is 569 g/mol. The van der Waals surface area contributed by atoms with E-state index in [-0.39, 0.29) is 36.5 Å². The molecule has 4 aliphatic heterocycles. The summed E-state index contributed by atoms with van der Waals surface area (Å²) in [6.45, 7) is 11.1. The molecule has 0 aromatic rings. The van der Waals surface area contributed by atoms with Gasteiger partial charge in [0, 0.05) is 24.7 Å². The molecule has 1 aliphatic carbocycles. The van der Waals surface area contributed by atoms with Crippen LogP contribution in [0.25, 0.3) is 0 Å². The first kappa shape index (κ1) is 30.7. The summed E-state index contributed by atoms with van der Waals surface area (Å²) in [5, 5.41) is 14.1. The van der Waals surface area contributed by atoms with Gasteiger partial charge < -0.3 is 30.0 Å². The maximum Gasteiger partial charge on any atom is 0.325 e. The van der Waals surface area contributed by atoms with E-state index in [9.17, 15) is 19.2 Å². The summed E-state index contributed by atoms with van der Waals surface area (Å²) in [5.41, 5.74) is -0.764. The largest absolute Gasteiger partial charge is 0.480 e. The molecule has 0 radical (unpaired) electrons. The fourth-order valence-corrected chi connectivity index (χ4v) is 6.76. The number of hydrogen-bond donors (Lipinski definition) is 3. The zero-order chi connectivity index (χ0) is 29.4. The number of carbonyl (C=O) groups is 4. The molecule has 5 fully saturated rings. The second kappa shape index (κ2) is 11.9. The van der Waals surface area contributed by atoms with Crippen LogP contribution in [0.1, 0.15) is 86.5 Å². The highest BCUT2D eigenvalue weighted by atomic mass is 17.3. The van der Waals surface area contributed by atoms with Crippen molar-refractivity contribution in [1.82, 2.24) is 10.6 Å². The lowest BCUT2D eigenvalue weighted by Gasteiger charge is -2.59. The highest BCUT2D eigenvalue weighted by Gasteiger charge is 2.69. The topological polar surface area (TPSA) is 159 Å². The van der Waals surface area contributed by atoms with Crippen molar-refractivity contribution in [3.05, 3.63) is 0 Å². The number of hydrogen-bond acceptors (Lipinski definition) is 9. The number of aliphatic carboxylic acids is 1.